The predicted octanol–water partition coefficient (Wildman–Crippen LogP) is 3.33. The first-order valence-electron chi connectivity index (χ1n) is 4.55. The average molecular weight is 233 g/mol. The molecule has 0 atom stereocenters. The van der Waals surface area contributed by atoms with Crippen LogP contribution < -0.4 is 4.74 Å². The summed E-state index contributed by atoms with van der Waals surface area (Å²) in [6.45, 7) is 0. The van der Waals surface area contributed by atoms with E-state index in [9.17, 15) is 0 Å². The Kier molecular flexibility index (Phi) is 5.13. The van der Waals surface area contributed by atoms with Crippen molar-refractivity contribution in [2.24, 2.45) is 5.92 Å². The van der Waals surface area contributed by atoms with Gasteiger partial charge in [0, 0.05) is 11.8 Å². The summed E-state index contributed by atoms with van der Waals surface area (Å²) in [6, 6.07) is 8.00. The van der Waals surface area contributed by atoms with Crippen molar-refractivity contribution in [1.82, 2.24) is 0 Å². The van der Waals surface area contributed by atoms with E-state index < -0.39 is 0 Å². The van der Waals surface area contributed by atoms with Crippen LogP contribution >= 0.6 is 23.2 Å². The molecule has 0 radical (unpaired) electrons. The molecule has 78 valence electrons. The Morgan fingerprint density at radius 1 is 1.14 bits per heavy atom. The summed E-state index contributed by atoms with van der Waals surface area (Å²) >= 11 is 11.5. The highest BCUT2D eigenvalue weighted by molar-refractivity contribution is 6.20. The smallest absolute Gasteiger partial charge is 0.118 e. The summed E-state index contributed by atoms with van der Waals surface area (Å²) < 4.78 is 5.07. The highest BCUT2D eigenvalue weighted by atomic mass is 35.5. The summed E-state index contributed by atoms with van der Waals surface area (Å²) in [6.07, 6.45) is 0.928. The maximum absolute atomic E-state index is 5.77. The van der Waals surface area contributed by atoms with Gasteiger partial charge in [-0.2, -0.15) is 0 Å². The van der Waals surface area contributed by atoms with Crippen molar-refractivity contribution in [2.75, 3.05) is 18.9 Å². The molecule has 1 rings (SSSR count). The first-order valence-corrected chi connectivity index (χ1v) is 5.62. The van der Waals surface area contributed by atoms with Gasteiger partial charge in [0.05, 0.1) is 7.11 Å². The van der Waals surface area contributed by atoms with Gasteiger partial charge in [-0.1, -0.05) is 12.1 Å². The van der Waals surface area contributed by atoms with Crippen LogP contribution in [0.5, 0.6) is 5.75 Å². The fraction of sp³-hybridized carbons (Fsp3) is 0.455. The van der Waals surface area contributed by atoms with Gasteiger partial charge in [0.1, 0.15) is 5.75 Å². The number of alkyl halides is 2. The average Bonchev–Trinajstić information content (AvgIpc) is 2.26. The Hall–Kier alpha value is -0.400. The molecular weight excluding hydrogens is 219 g/mol. The number of ether oxygens (including phenoxy) is 1. The van der Waals surface area contributed by atoms with Gasteiger partial charge in [-0.05, 0) is 30.0 Å². The molecule has 14 heavy (non-hydrogen) atoms. The lowest BCUT2D eigenvalue weighted by molar-refractivity contribution is 0.414. The number of methoxy groups -OCH3 is 1. The fourth-order valence-corrected chi connectivity index (χ4v) is 1.79. The molecule has 0 N–H and O–H groups in total. The Labute approximate surface area is 95.0 Å². The van der Waals surface area contributed by atoms with Crippen LogP contribution in [0.25, 0.3) is 0 Å². The third-order valence-corrected chi connectivity index (χ3v) is 2.99. The molecule has 0 heterocycles. The predicted molar refractivity (Wildman–Crippen MR) is 61.6 cm³/mol. The first-order chi connectivity index (χ1) is 6.80. The summed E-state index contributed by atoms with van der Waals surface area (Å²) in [5.74, 6) is 2.44. The van der Waals surface area contributed by atoms with Crippen LogP contribution in [0.4, 0.5) is 0 Å². The minimum absolute atomic E-state index is 0.353. The molecule has 0 aromatic heterocycles. The van der Waals surface area contributed by atoms with Crippen LogP contribution in [0.1, 0.15) is 5.56 Å². The van der Waals surface area contributed by atoms with E-state index in [4.69, 9.17) is 27.9 Å². The zero-order valence-corrected chi connectivity index (χ0v) is 9.68. The molecule has 0 aliphatic carbocycles. The topological polar surface area (TPSA) is 9.23 Å². The molecule has 0 spiro atoms. The van der Waals surface area contributed by atoms with Crippen molar-refractivity contribution in [3.05, 3.63) is 29.8 Å². The largest absolute Gasteiger partial charge is 0.497 e. The van der Waals surface area contributed by atoms with Crippen molar-refractivity contribution < 1.29 is 4.74 Å². The number of hydrogen-bond acceptors (Lipinski definition) is 1. The number of halogens is 2. The van der Waals surface area contributed by atoms with E-state index in [0.717, 1.165) is 12.2 Å². The second kappa shape index (κ2) is 6.15. The van der Waals surface area contributed by atoms with Gasteiger partial charge in [0.25, 0.3) is 0 Å². The third kappa shape index (κ3) is 3.39. The molecule has 0 amide bonds. The maximum atomic E-state index is 5.77. The summed E-state index contributed by atoms with van der Waals surface area (Å²) in [7, 11) is 1.66. The molecule has 1 aromatic carbocycles. The number of rotatable bonds is 5. The molecular formula is C11H14Cl2O. The highest BCUT2D eigenvalue weighted by Gasteiger charge is 2.06. The van der Waals surface area contributed by atoms with Crippen LogP contribution in [0.15, 0.2) is 24.3 Å². The van der Waals surface area contributed by atoms with Crippen LogP contribution in [-0.2, 0) is 6.42 Å². The molecule has 0 bridgehead atoms. The number of hydrogen-bond donors (Lipinski definition) is 0. The number of benzene rings is 1. The molecule has 1 nitrogen and oxygen atoms in total. The second-order valence-electron chi connectivity index (χ2n) is 3.23. The van der Waals surface area contributed by atoms with E-state index in [1.54, 1.807) is 7.11 Å². The molecule has 1 aromatic rings. The Morgan fingerprint density at radius 2 is 1.71 bits per heavy atom. The van der Waals surface area contributed by atoms with E-state index in [2.05, 4.69) is 0 Å². The second-order valence-corrected chi connectivity index (χ2v) is 3.84. The van der Waals surface area contributed by atoms with Crippen LogP contribution in [0.2, 0.25) is 0 Å². The van der Waals surface area contributed by atoms with E-state index in [1.807, 2.05) is 24.3 Å². The van der Waals surface area contributed by atoms with Gasteiger partial charge in [0.2, 0.25) is 0 Å². The van der Waals surface area contributed by atoms with Gasteiger partial charge in [-0.25, -0.2) is 0 Å². The van der Waals surface area contributed by atoms with E-state index in [1.165, 1.54) is 5.56 Å². The van der Waals surface area contributed by atoms with Crippen LogP contribution in [0, 0.1) is 5.92 Å². The van der Waals surface area contributed by atoms with Gasteiger partial charge in [-0.15, -0.1) is 23.2 Å². The zero-order chi connectivity index (χ0) is 10.4. The molecule has 0 saturated carbocycles. The van der Waals surface area contributed by atoms with Crippen molar-refractivity contribution in [1.29, 1.82) is 0 Å². The van der Waals surface area contributed by atoms with Gasteiger partial charge in [-0.3, -0.25) is 0 Å². The minimum atomic E-state index is 0.353. The lowest BCUT2D eigenvalue weighted by Gasteiger charge is -2.10. The molecule has 0 fully saturated rings. The standard InChI is InChI=1S/C11H14Cl2O/c1-14-11-4-2-9(3-5-11)6-10(7-12)8-13/h2-5,10H,6-8H2,1H3. The zero-order valence-electron chi connectivity index (χ0n) is 8.17. The normalized spacial score (nSPS) is 10.6. The highest BCUT2D eigenvalue weighted by Crippen LogP contribution is 2.16. The third-order valence-electron chi connectivity index (χ3n) is 2.12. The Morgan fingerprint density at radius 3 is 2.14 bits per heavy atom. The quantitative estimate of drug-likeness (QED) is 0.709. The van der Waals surface area contributed by atoms with Gasteiger partial charge in [0.15, 0.2) is 0 Å². The van der Waals surface area contributed by atoms with Crippen molar-refractivity contribution in [3.63, 3.8) is 0 Å². The molecule has 0 aliphatic rings. The fourth-order valence-electron chi connectivity index (χ4n) is 1.25. The lowest BCUT2D eigenvalue weighted by Crippen LogP contribution is -2.07. The maximum Gasteiger partial charge on any atom is 0.118 e. The summed E-state index contributed by atoms with van der Waals surface area (Å²) in [4.78, 5) is 0. The van der Waals surface area contributed by atoms with Crippen molar-refractivity contribution in [3.8, 4) is 5.75 Å². The van der Waals surface area contributed by atoms with Crippen molar-refractivity contribution in [2.45, 2.75) is 6.42 Å². The van der Waals surface area contributed by atoms with E-state index in [0.29, 0.717) is 17.7 Å². The Bertz CT molecular complexity index is 254. The van der Waals surface area contributed by atoms with Crippen LogP contribution in [0.3, 0.4) is 0 Å². The lowest BCUT2D eigenvalue weighted by atomic mass is 10.0. The summed E-state index contributed by atoms with van der Waals surface area (Å²) in [5, 5.41) is 0. The van der Waals surface area contributed by atoms with E-state index in [-0.39, 0.29) is 0 Å². The summed E-state index contributed by atoms with van der Waals surface area (Å²) in [5.41, 5.74) is 1.25. The van der Waals surface area contributed by atoms with Gasteiger partial charge < -0.3 is 4.74 Å². The van der Waals surface area contributed by atoms with Gasteiger partial charge >= 0.3 is 0 Å². The van der Waals surface area contributed by atoms with Crippen LogP contribution in [-0.4, -0.2) is 18.9 Å². The molecule has 0 saturated heterocycles. The molecule has 0 aliphatic heterocycles. The molecule has 0 unspecified atom stereocenters. The minimum Gasteiger partial charge on any atom is -0.497 e. The Balaban J connectivity index is 2.58. The first kappa shape index (κ1) is 11.7. The SMILES string of the molecule is COc1ccc(CC(CCl)CCl)cc1. The molecule has 3 heteroatoms. The van der Waals surface area contributed by atoms with E-state index >= 15 is 0 Å². The monoisotopic (exact) mass is 232 g/mol. The van der Waals surface area contributed by atoms with Crippen molar-refractivity contribution >= 4 is 23.2 Å².